The number of alkyl carbamates (subject to hydrolysis) is 1. The van der Waals surface area contributed by atoms with E-state index in [9.17, 15) is 24.0 Å². The standard InChI is InChI=1S/C20H24N2O8/c1-20(2,3)29-19(27)21-12(9-10-15(23)28-4)11-16(24)30-22-17(25)13-7-5-6-8-14(13)18(22)26/h5-8,12H,9-11H2,1-4H3,(H,21,27)/t12-/m1/s1. The fraction of sp³-hybridized carbons (Fsp3) is 0.450. The molecule has 1 aromatic rings. The number of imide groups is 1. The van der Waals surface area contributed by atoms with Gasteiger partial charge in [0.1, 0.15) is 5.60 Å². The summed E-state index contributed by atoms with van der Waals surface area (Å²) in [5, 5.41) is 2.88. The molecule has 1 aromatic carbocycles. The van der Waals surface area contributed by atoms with E-state index in [1.165, 1.54) is 19.2 Å². The second-order valence-corrected chi connectivity index (χ2v) is 7.58. The van der Waals surface area contributed by atoms with Gasteiger partial charge in [-0.15, -0.1) is 0 Å². The van der Waals surface area contributed by atoms with Gasteiger partial charge in [-0.25, -0.2) is 9.59 Å². The molecule has 10 heteroatoms. The van der Waals surface area contributed by atoms with Crippen LogP contribution in [0.3, 0.4) is 0 Å². The lowest BCUT2D eigenvalue weighted by Gasteiger charge is -2.23. The molecule has 1 aliphatic heterocycles. The average Bonchev–Trinajstić information content (AvgIpc) is 2.89. The second kappa shape index (κ2) is 9.38. The number of amides is 3. The normalized spacial score (nSPS) is 14.1. The number of carbonyl (C=O) groups is 5. The summed E-state index contributed by atoms with van der Waals surface area (Å²) in [6.07, 6.45) is -1.20. The van der Waals surface area contributed by atoms with E-state index in [0.717, 1.165) is 0 Å². The maximum Gasteiger partial charge on any atom is 0.407 e. The lowest BCUT2D eigenvalue weighted by atomic mass is 10.1. The van der Waals surface area contributed by atoms with Gasteiger partial charge in [-0.3, -0.25) is 14.4 Å². The maximum absolute atomic E-state index is 12.4. The number of hydrogen-bond donors (Lipinski definition) is 1. The summed E-state index contributed by atoms with van der Waals surface area (Å²) in [6, 6.07) is 5.23. The molecule has 3 amide bonds. The zero-order valence-electron chi connectivity index (χ0n) is 17.2. The van der Waals surface area contributed by atoms with Crippen molar-refractivity contribution >= 4 is 29.8 Å². The minimum Gasteiger partial charge on any atom is -0.469 e. The van der Waals surface area contributed by atoms with Crippen LogP contribution in [0.25, 0.3) is 0 Å². The number of hydrogen-bond acceptors (Lipinski definition) is 8. The Morgan fingerprint density at radius 3 is 2.10 bits per heavy atom. The van der Waals surface area contributed by atoms with Crippen LogP contribution in [-0.4, -0.2) is 53.7 Å². The fourth-order valence-electron chi connectivity index (χ4n) is 2.68. The Labute approximate surface area is 173 Å². The molecule has 0 fully saturated rings. The lowest BCUT2D eigenvalue weighted by Crippen LogP contribution is -2.42. The number of fused-ring (bicyclic) bond motifs is 1. The number of carbonyl (C=O) groups excluding carboxylic acids is 5. The Bertz CT molecular complexity index is 824. The largest absolute Gasteiger partial charge is 0.469 e. The summed E-state index contributed by atoms with van der Waals surface area (Å²) in [6.45, 7) is 5.02. The van der Waals surface area contributed by atoms with E-state index < -0.39 is 47.9 Å². The first-order valence-electron chi connectivity index (χ1n) is 9.26. The van der Waals surface area contributed by atoms with E-state index in [-0.39, 0.29) is 24.0 Å². The molecule has 0 unspecified atom stereocenters. The summed E-state index contributed by atoms with van der Waals surface area (Å²) in [5.41, 5.74) is -0.508. The molecule has 0 aliphatic carbocycles. The van der Waals surface area contributed by atoms with Gasteiger partial charge < -0.3 is 19.6 Å². The van der Waals surface area contributed by atoms with Crippen LogP contribution in [0.1, 0.15) is 60.7 Å². The smallest absolute Gasteiger partial charge is 0.407 e. The molecule has 1 aliphatic rings. The van der Waals surface area contributed by atoms with Crippen molar-refractivity contribution in [1.29, 1.82) is 0 Å². The van der Waals surface area contributed by atoms with Gasteiger partial charge in [-0.1, -0.05) is 17.2 Å². The van der Waals surface area contributed by atoms with Crippen molar-refractivity contribution in [3.05, 3.63) is 35.4 Å². The molecule has 0 saturated heterocycles. The summed E-state index contributed by atoms with van der Waals surface area (Å²) in [5.74, 6) is -2.97. The van der Waals surface area contributed by atoms with Crippen LogP contribution in [0, 0.1) is 0 Å². The molecule has 2 rings (SSSR count). The molecule has 0 saturated carbocycles. The highest BCUT2D eigenvalue weighted by atomic mass is 16.7. The zero-order valence-corrected chi connectivity index (χ0v) is 17.2. The van der Waals surface area contributed by atoms with Crippen LogP contribution in [0.15, 0.2) is 24.3 Å². The monoisotopic (exact) mass is 420 g/mol. The molecular weight excluding hydrogens is 396 g/mol. The van der Waals surface area contributed by atoms with Gasteiger partial charge in [0.15, 0.2) is 0 Å². The highest BCUT2D eigenvalue weighted by Crippen LogP contribution is 2.23. The van der Waals surface area contributed by atoms with Gasteiger partial charge in [0, 0.05) is 12.5 Å². The molecule has 0 bridgehead atoms. The first-order valence-corrected chi connectivity index (χ1v) is 9.26. The quantitative estimate of drug-likeness (QED) is 0.524. The minimum absolute atomic E-state index is 0.0587. The first kappa shape index (κ1) is 22.9. The van der Waals surface area contributed by atoms with Gasteiger partial charge in [0.2, 0.25) is 0 Å². The lowest BCUT2D eigenvalue weighted by molar-refractivity contribution is -0.169. The average molecular weight is 420 g/mol. The summed E-state index contributed by atoms with van der Waals surface area (Å²) >= 11 is 0. The van der Waals surface area contributed by atoms with Crippen molar-refractivity contribution in [2.75, 3.05) is 7.11 Å². The predicted octanol–water partition coefficient (Wildman–Crippen LogP) is 1.98. The molecule has 1 N–H and O–H groups in total. The van der Waals surface area contributed by atoms with E-state index in [1.54, 1.807) is 32.9 Å². The Morgan fingerprint density at radius 2 is 1.60 bits per heavy atom. The van der Waals surface area contributed by atoms with E-state index in [2.05, 4.69) is 10.1 Å². The van der Waals surface area contributed by atoms with Crippen LogP contribution >= 0.6 is 0 Å². The third-order valence-electron chi connectivity index (χ3n) is 4.01. The molecular formula is C20H24N2O8. The number of rotatable bonds is 7. The van der Waals surface area contributed by atoms with Crippen molar-refractivity contribution < 1.29 is 38.3 Å². The van der Waals surface area contributed by atoms with E-state index in [4.69, 9.17) is 9.57 Å². The molecule has 10 nitrogen and oxygen atoms in total. The molecule has 1 atom stereocenters. The number of hydroxylamine groups is 2. The maximum atomic E-state index is 12.4. The number of ether oxygens (including phenoxy) is 2. The van der Waals surface area contributed by atoms with Crippen LogP contribution in [0.4, 0.5) is 4.79 Å². The van der Waals surface area contributed by atoms with Gasteiger partial charge in [0.05, 0.1) is 24.7 Å². The Kier molecular flexibility index (Phi) is 7.14. The van der Waals surface area contributed by atoms with Gasteiger partial charge in [-0.05, 0) is 39.3 Å². The van der Waals surface area contributed by atoms with Crippen molar-refractivity contribution in [3.63, 3.8) is 0 Å². The minimum atomic E-state index is -0.935. The van der Waals surface area contributed by atoms with Crippen molar-refractivity contribution in [2.24, 2.45) is 0 Å². The van der Waals surface area contributed by atoms with Crippen LogP contribution in [-0.2, 0) is 23.9 Å². The number of esters is 1. The first-order chi connectivity index (χ1) is 14.0. The zero-order chi connectivity index (χ0) is 22.5. The molecule has 0 radical (unpaired) electrons. The van der Waals surface area contributed by atoms with Crippen molar-refractivity contribution in [1.82, 2.24) is 10.4 Å². The number of methoxy groups -OCH3 is 1. The topological polar surface area (TPSA) is 128 Å². The highest BCUT2D eigenvalue weighted by molar-refractivity contribution is 6.20. The van der Waals surface area contributed by atoms with Crippen LogP contribution < -0.4 is 5.32 Å². The van der Waals surface area contributed by atoms with Crippen molar-refractivity contribution in [2.45, 2.75) is 51.7 Å². The number of nitrogens with one attached hydrogen (secondary N) is 1. The number of benzene rings is 1. The summed E-state index contributed by atoms with van der Waals surface area (Å²) < 4.78 is 9.72. The third-order valence-corrected chi connectivity index (χ3v) is 4.01. The Balaban J connectivity index is 2.02. The van der Waals surface area contributed by atoms with E-state index in [0.29, 0.717) is 5.06 Å². The third kappa shape index (κ3) is 6.03. The van der Waals surface area contributed by atoms with E-state index >= 15 is 0 Å². The van der Waals surface area contributed by atoms with Crippen LogP contribution in [0.2, 0.25) is 0 Å². The Hall–Kier alpha value is -3.43. The molecule has 162 valence electrons. The fourth-order valence-corrected chi connectivity index (χ4v) is 2.68. The van der Waals surface area contributed by atoms with Gasteiger partial charge >= 0.3 is 18.0 Å². The Morgan fingerprint density at radius 1 is 1.03 bits per heavy atom. The second-order valence-electron chi connectivity index (χ2n) is 7.58. The predicted molar refractivity (Wildman–Crippen MR) is 102 cm³/mol. The SMILES string of the molecule is COC(=O)CC[C@H](CC(=O)ON1C(=O)c2ccccc2C1=O)NC(=O)OC(C)(C)C. The van der Waals surface area contributed by atoms with E-state index in [1.807, 2.05) is 0 Å². The van der Waals surface area contributed by atoms with Crippen molar-refractivity contribution in [3.8, 4) is 0 Å². The summed E-state index contributed by atoms with van der Waals surface area (Å²) in [7, 11) is 1.22. The summed E-state index contributed by atoms with van der Waals surface area (Å²) in [4.78, 5) is 65.4. The highest BCUT2D eigenvalue weighted by Gasteiger charge is 2.39. The molecule has 30 heavy (non-hydrogen) atoms. The number of nitrogens with zero attached hydrogens (tertiary/aromatic N) is 1. The van der Waals surface area contributed by atoms with Gasteiger partial charge in [0.25, 0.3) is 11.8 Å². The van der Waals surface area contributed by atoms with Crippen LogP contribution in [0.5, 0.6) is 0 Å². The molecule has 1 heterocycles. The molecule has 0 aromatic heterocycles. The molecule has 0 spiro atoms. The van der Waals surface area contributed by atoms with Gasteiger partial charge in [-0.2, -0.15) is 0 Å².